The van der Waals surface area contributed by atoms with Crippen molar-refractivity contribution < 1.29 is 28.2 Å². The Morgan fingerprint density at radius 3 is 2.76 bits per heavy atom. The van der Waals surface area contributed by atoms with Crippen molar-refractivity contribution in [3.05, 3.63) is 60.1 Å². The molecule has 4 N–H and O–H groups in total. The van der Waals surface area contributed by atoms with Gasteiger partial charge in [-0.15, -0.1) is 0 Å². The fourth-order valence-corrected chi connectivity index (χ4v) is 4.92. The Hall–Kier alpha value is -4.36. The predicted molar refractivity (Wildman–Crippen MR) is 148 cm³/mol. The zero-order chi connectivity index (χ0) is 28.8. The van der Waals surface area contributed by atoms with Crippen LogP contribution in [0, 0.1) is 11.6 Å². The van der Waals surface area contributed by atoms with Gasteiger partial charge in [-0.1, -0.05) is 0 Å². The molecule has 1 atom stereocenters. The van der Waals surface area contributed by atoms with Crippen LogP contribution in [0.1, 0.15) is 25.0 Å². The number of aromatic amines is 1. The largest absolute Gasteiger partial charge is 0.493 e. The Morgan fingerprint density at radius 2 is 1.98 bits per heavy atom. The van der Waals surface area contributed by atoms with Gasteiger partial charge >= 0.3 is 0 Å². The molecule has 1 fully saturated rings. The maximum Gasteiger partial charge on any atom is 0.230 e. The van der Waals surface area contributed by atoms with Crippen molar-refractivity contribution in [3.63, 3.8) is 0 Å². The van der Waals surface area contributed by atoms with Gasteiger partial charge in [-0.25, -0.2) is 18.7 Å². The number of carbonyl (C=O) groups excluding carboxylic acids is 1. The van der Waals surface area contributed by atoms with Gasteiger partial charge in [0.05, 0.1) is 32.3 Å². The average Bonchev–Trinajstić information content (AvgIpc) is 3.59. The third-order valence-electron chi connectivity index (χ3n) is 6.85. The number of carbonyl (C=O) groups is 1. The molecule has 1 saturated heterocycles. The lowest BCUT2D eigenvalue weighted by molar-refractivity contribution is -0.115. The quantitative estimate of drug-likeness (QED) is 0.188. The third-order valence-corrected chi connectivity index (χ3v) is 6.85. The number of benzene rings is 2. The summed E-state index contributed by atoms with van der Waals surface area (Å²) in [6, 6.07) is 8.25. The highest BCUT2D eigenvalue weighted by atomic mass is 19.1. The van der Waals surface area contributed by atoms with Crippen LogP contribution in [0.5, 0.6) is 11.5 Å². The number of nitrogens with zero attached hydrogens (tertiary/aromatic N) is 4. The van der Waals surface area contributed by atoms with Crippen LogP contribution in [0.15, 0.2) is 42.7 Å². The number of hydrogen-bond donors (Lipinski definition) is 4. The van der Waals surface area contributed by atoms with Gasteiger partial charge in [0.2, 0.25) is 5.91 Å². The number of amides is 1. The second-order valence-corrected chi connectivity index (χ2v) is 9.75. The maximum absolute atomic E-state index is 13.4. The van der Waals surface area contributed by atoms with Gasteiger partial charge in [-0.2, -0.15) is 5.10 Å². The minimum atomic E-state index is -0.782. The average molecular weight is 568 g/mol. The molecule has 0 radical (unpaired) electrons. The lowest BCUT2D eigenvalue weighted by atomic mass is 10.2. The first-order valence-corrected chi connectivity index (χ1v) is 13.3. The van der Waals surface area contributed by atoms with Gasteiger partial charge in [-0.3, -0.25) is 14.8 Å². The van der Waals surface area contributed by atoms with E-state index in [0.717, 1.165) is 50.6 Å². The molecule has 216 valence electrons. The second-order valence-electron chi connectivity index (χ2n) is 9.75. The van der Waals surface area contributed by atoms with Gasteiger partial charge in [-0.05, 0) is 44.0 Å². The molecule has 0 spiro atoms. The van der Waals surface area contributed by atoms with Crippen LogP contribution in [0.4, 0.5) is 26.1 Å². The Labute approximate surface area is 234 Å². The molecule has 0 aliphatic carbocycles. The molecule has 41 heavy (non-hydrogen) atoms. The lowest BCUT2D eigenvalue weighted by Gasteiger charge is -2.22. The predicted octanol–water partition coefficient (Wildman–Crippen LogP) is 3.79. The Balaban J connectivity index is 1.22. The maximum atomic E-state index is 13.4. The van der Waals surface area contributed by atoms with Crippen molar-refractivity contribution >= 4 is 34.1 Å². The van der Waals surface area contributed by atoms with E-state index in [1.54, 1.807) is 25.3 Å². The van der Waals surface area contributed by atoms with E-state index < -0.39 is 17.5 Å². The molecule has 1 aliphatic heterocycles. The standard InChI is InChI=1S/C28H31F2N7O4/c1-40-24-13-22-23(14-25(24)41-7-3-6-37-5-2-4-21(37)15-38)31-16-32-28(22)34-26-11-20(35-36-26)12-27(39)33-19-9-17(29)8-18(30)10-19/h8-11,13-14,16,21,38H,2-7,12,15H2,1H3,(H,33,39)(H2,31,32,34,35,36)/t21-/m1/s1. The second kappa shape index (κ2) is 12.9. The molecule has 4 aromatic rings. The summed E-state index contributed by atoms with van der Waals surface area (Å²) in [5, 5.41) is 22.7. The summed E-state index contributed by atoms with van der Waals surface area (Å²) in [6.45, 7) is 2.53. The molecule has 13 heteroatoms. The normalized spacial score (nSPS) is 15.3. The fraction of sp³-hybridized carbons (Fsp3) is 0.357. The van der Waals surface area contributed by atoms with Crippen molar-refractivity contribution in [2.75, 3.05) is 44.0 Å². The molecule has 2 aromatic carbocycles. The van der Waals surface area contributed by atoms with Crippen LogP contribution in [0.25, 0.3) is 10.9 Å². The minimum absolute atomic E-state index is 0.0250. The SMILES string of the molecule is COc1cc2c(Nc3cc(CC(=O)Nc4cc(F)cc(F)c4)[nH]n3)ncnc2cc1OCCCN1CCC[C@@H]1CO. The summed E-state index contributed by atoms with van der Waals surface area (Å²) >= 11 is 0. The number of nitrogens with one attached hydrogen (secondary N) is 3. The summed E-state index contributed by atoms with van der Waals surface area (Å²) in [5.41, 5.74) is 1.14. The monoisotopic (exact) mass is 567 g/mol. The number of aliphatic hydroxyl groups is 1. The van der Waals surface area contributed by atoms with E-state index in [-0.39, 0.29) is 24.8 Å². The van der Waals surface area contributed by atoms with E-state index in [9.17, 15) is 18.7 Å². The highest BCUT2D eigenvalue weighted by molar-refractivity contribution is 5.93. The van der Waals surface area contributed by atoms with Crippen LogP contribution in [-0.4, -0.2) is 75.5 Å². The molecular formula is C28H31F2N7O4. The summed E-state index contributed by atoms with van der Waals surface area (Å²) in [7, 11) is 1.56. The minimum Gasteiger partial charge on any atom is -0.493 e. The van der Waals surface area contributed by atoms with Crippen LogP contribution in [0.3, 0.4) is 0 Å². The first-order valence-electron chi connectivity index (χ1n) is 13.3. The van der Waals surface area contributed by atoms with Gasteiger partial charge in [0.25, 0.3) is 0 Å². The van der Waals surface area contributed by atoms with E-state index in [0.29, 0.717) is 46.3 Å². The lowest BCUT2D eigenvalue weighted by Crippen LogP contribution is -2.33. The number of anilines is 3. The highest BCUT2D eigenvalue weighted by Gasteiger charge is 2.23. The molecule has 0 bridgehead atoms. The molecule has 2 aromatic heterocycles. The molecular weight excluding hydrogens is 536 g/mol. The summed E-state index contributed by atoms with van der Waals surface area (Å²) in [4.78, 5) is 23.4. The molecule has 11 nitrogen and oxygen atoms in total. The fourth-order valence-electron chi connectivity index (χ4n) is 4.92. The molecule has 3 heterocycles. The molecule has 0 unspecified atom stereocenters. The van der Waals surface area contributed by atoms with Crippen molar-refractivity contribution in [1.29, 1.82) is 0 Å². The number of aromatic nitrogens is 4. The van der Waals surface area contributed by atoms with Gasteiger partial charge in [0.15, 0.2) is 17.3 Å². The first-order chi connectivity index (χ1) is 19.9. The van der Waals surface area contributed by atoms with E-state index >= 15 is 0 Å². The Morgan fingerprint density at radius 1 is 1.15 bits per heavy atom. The van der Waals surface area contributed by atoms with Crippen LogP contribution >= 0.6 is 0 Å². The summed E-state index contributed by atoms with van der Waals surface area (Å²) in [5.74, 6) is -0.0588. The van der Waals surface area contributed by atoms with Crippen LogP contribution < -0.4 is 20.1 Å². The number of fused-ring (bicyclic) bond motifs is 1. The van der Waals surface area contributed by atoms with Crippen molar-refractivity contribution in [1.82, 2.24) is 25.1 Å². The molecule has 0 saturated carbocycles. The highest BCUT2D eigenvalue weighted by Crippen LogP contribution is 2.34. The number of halogens is 2. The third kappa shape index (κ3) is 7.05. The number of rotatable bonds is 12. The summed E-state index contributed by atoms with van der Waals surface area (Å²) < 4.78 is 38.4. The Kier molecular flexibility index (Phi) is 8.85. The molecule has 1 amide bonds. The topological polar surface area (TPSA) is 138 Å². The number of likely N-dealkylation sites (tertiary alicyclic amines) is 1. The van der Waals surface area contributed by atoms with Crippen LogP contribution in [0.2, 0.25) is 0 Å². The van der Waals surface area contributed by atoms with E-state index in [1.165, 1.54) is 6.33 Å². The number of aliphatic hydroxyl groups excluding tert-OH is 1. The van der Waals surface area contributed by atoms with E-state index in [4.69, 9.17) is 9.47 Å². The number of hydrogen-bond acceptors (Lipinski definition) is 9. The van der Waals surface area contributed by atoms with Crippen LogP contribution in [-0.2, 0) is 11.2 Å². The van der Waals surface area contributed by atoms with Crippen molar-refractivity contribution in [3.8, 4) is 11.5 Å². The van der Waals surface area contributed by atoms with Gasteiger partial charge < -0.3 is 25.2 Å². The molecule has 1 aliphatic rings. The van der Waals surface area contributed by atoms with Crippen molar-refractivity contribution in [2.24, 2.45) is 0 Å². The molecule has 5 rings (SSSR count). The zero-order valence-electron chi connectivity index (χ0n) is 22.5. The van der Waals surface area contributed by atoms with E-state index in [1.807, 2.05) is 0 Å². The van der Waals surface area contributed by atoms with Crippen molar-refractivity contribution in [2.45, 2.75) is 31.7 Å². The van der Waals surface area contributed by atoms with E-state index in [2.05, 4.69) is 35.7 Å². The van der Waals surface area contributed by atoms with Gasteiger partial charge in [0, 0.05) is 47.6 Å². The smallest absolute Gasteiger partial charge is 0.230 e. The zero-order valence-corrected chi connectivity index (χ0v) is 22.5. The van der Waals surface area contributed by atoms with Gasteiger partial charge in [0.1, 0.15) is 23.8 Å². The first kappa shape index (κ1) is 28.2. The number of H-pyrrole nitrogens is 1. The number of ether oxygens (including phenoxy) is 2. The Bertz CT molecular complexity index is 1500. The summed E-state index contributed by atoms with van der Waals surface area (Å²) in [6.07, 6.45) is 4.27. The number of methoxy groups -OCH3 is 1.